The number of thioether (sulfide) groups is 1. The van der Waals surface area contributed by atoms with Gasteiger partial charge in [-0.1, -0.05) is 65.8 Å². The monoisotopic (exact) mass is 545 g/mol. The molecular weight excluding hydrogens is 522 g/mol. The molecule has 3 N–H and O–H groups in total. The zero-order chi connectivity index (χ0) is 26.8. The molecule has 1 unspecified atom stereocenters. The van der Waals surface area contributed by atoms with E-state index in [1.807, 2.05) is 62.4 Å². The number of nitrogens with one attached hydrogen (secondary N) is 2. The van der Waals surface area contributed by atoms with Crippen LogP contribution in [0.1, 0.15) is 40.0 Å². The Balaban J connectivity index is 1.51. The first-order valence-corrected chi connectivity index (χ1v) is 13.2. The Bertz CT molecular complexity index is 1560. The van der Waals surface area contributed by atoms with Gasteiger partial charge in [0.15, 0.2) is 0 Å². The number of carboxylic acid groups (broad SMARTS) is 1. The molecule has 1 aliphatic rings. The molecule has 0 radical (unpaired) electrons. The highest BCUT2D eigenvalue weighted by Gasteiger charge is 2.34. The first kappa shape index (κ1) is 25.6. The molecule has 1 aromatic heterocycles. The Labute approximate surface area is 228 Å². The average Bonchev–Trinajstić information content (AvgIpc) is 3.29. The topological polar surface area (TPSA) is 109 Å². The van der Waals surface area contributed by atoms with E-state index >= 15 is 0 Å². The summed E-state index contributed by atoms with van der Waals surface area (Å²) in [7, 11) is 0. The summed E-state index contributed by atoms with van der Waals surface area (Å²) in [6.07, 6.45) is 0. The number of hydrogen-bond donors (Lipinski definition) is 3. The second kappa shape index (κ2) is 10.7. The number of aromatic nitrogens is 3. The van der Waals surface area contributed by atoms with Crippen molar-refractivity contribution in [3.05, 3.63) is 111 Å². The number of halogens is 1. The van der Waals surface area contributed by atoms with E-state index in [0.29, 0.717) is 44.4 Å². The van der Waals surface area contributed by atoms with Gasteiger partial charge in [0.25, 0.3) is 5.91 Å². The Morgan fingerprint density at radius 2 is 1.84 bits per heavy atom. The van der Waals surface area contributed by atoms with Crippen molar-refractivity contribution in [1.82, 2.24) is 14.8 Å². The molecule has 2 heterocycles. The summed E-state index contributed by atoms with van der Waals surface area (Å²) in [4.78, 5) is 29.7. The number of benzene rings is 3. The van der Waals surface area contributed by atoms with Gasteiger partial charge in [-0.25, -0.2) is 9.48 Å². The number of carbonyl (C=O) groups is 2. The Hall–Kier alpha value is -4.08. The third kappa shape index (κ3) is 5.29. The number of rotatable bonds is 7. The molecule has 0 spiro atoms. The lowest BCUT2D eigenvalue weighted by Crippen LogP contribution is -2.31. The number of hydrogen-bond acceptors (Lipinski definition) is 6. The van der Waals surface area contributed by atoms with Crippen LogP contribution in [0.25, 0.3) is 0 Å². The minimum atomic E-state index is -1.02. The lowest BCUT2D eigenvalue weighted by Gasteiger charge is -2.28. The van der Waals surface area contributed by atoms with Gasteiger partial charge in [-0.2, -0.15) is 4.98 Å². The molecule has 0 fully saturated rings. The number of aromatic carboxylic acids is 1. The van der Waals surface area contributed by atoms with Crippen LogP contribution in [0.15, 0.2) is 89.2 Å². The van der Waals surface area contributed by atoms with E-state index in [1.54, 1.807) is 16.8 Å². The Kier molecular flexibility index (Phi) is 7.22. The van der Waals surface area contributed by atoms with Crippen LogP contribution in [0.5, 0.6) is 0 Å². The molecule has 8 nitrogen and oxygen atoms in total. The van der Waals surface area contributed by atoms with Crippen LogP contribution in [0.2, 0.25) is 5.02 Å². The summed E-state index contributed by atoms with van der Waals surface area (Å²) in [5.41, 5.74) is 4.61. The van der Waals surface area contributed by atoms with E-state index in [-0.39, 0.29) is 11.5 Å². The third-order valence-electron chi connectivity index (χ3n) is 6.14. The molecule has 1 atom stereocenters. The number of anilines is 2. The zero-order valence-electron chi connectivity index (χ0n) is 20.6. The van der Waals surface area contributed by atoms with Crippen molar-refractivity contribution < 1.29 is 14.7 Å². The SMILES string of the molecule is CC1=C(C(=O)Nc2cccc(C)c2)C(c2ccc(C(=O)O)cc2)n2nc(SCc3ccccc3Cl)nc2N1. The number of aryl methyl sites for hydroxylation is 1. The molecule has 0 saturated heterocycles. The predicted octanol–water partition coefficient (Wildman–Crippen LogP) is 6.16. The largest absolute Gasteiger partial charge is 0.478 e. The third-order valence-corrected chi connectivity index (χ3v) is 7.40. The smallest absolute Gasteiger partial charge is 0.335 e. The maximum Gasteiger partial charge on any atom is 0.335 e. The van der Waals surface area contributed by atoms with Crippen LogP contribution >= 0.6 is 23.4 Å². The summed E-state index contributed by atoms with van der Waals surface area (Å²) in [6.45, 7) is 3.77. The van der Waals surface area contributed by atoms with Crippen molar-refractivity contribution in [2.24, 2.45) is 0 Å². The van der Waals surface area contributed by atoms with Crippen LogP contribution in [0.4, 0.5) is 11.6 Å². The van der Waals surface area contributed by atoms with Gasteiger partial charge >= 0.3 is 5.97 Å². The molecule has 10 heteroatoms. The maximum atomic E-state index is 13.6. The summed E-state index contributed by atoms with van der Waals surface area (Å²) in [5.74, 6) is -0.248. The van der Waals surface area contributed by atoms with E-state index in [9.17, 15) is 14.7 Å². The highest BCUT2D eigenvalue weighted by Crippen LogP contribution is 2.37. The van der Waals surface area contributed by atoms with E-state index in [1.165, 1.54) is 23.9 Å². The number of nitrogens with zero attached hydrogens (tertiary/aromatic N) is 3. The van der Waals surface area contributed by atoms with Crippen LogP contribution in [-0.4, -0.2) is 31.7 Å². The van der Waals surface area contributed by atoms with Crippen LogP contribution < -0.4 is 10.6 Å². The summed E-state index contributed by atoms with van der Waals surface area (Å²) in [5, 5.41) is 21.5. The van der Waals surface area contributed by atoms with Gasteiger partial charge in [-0.3, -0.25) is 4.79 Å². The van der Waals surface area contributed by atoms with Crippen LogP contribution in [-0.2, 0) is 10.5 Å². The molecule has 3 aromatic carbocycles. The molecule has 1 aliphatic heterocycles. The Morgan fingerprint density at radius 3 is 2.55 bits per heavy atom. The van der Waals surface area contributed by atoms with Gasteiger partial charge in [-0.15, -0.1) is 5.10 Å². The first-order valence-electron chi connectivity index (χ1n) is 11.8. The van der Waals surface area contributed by atoms with Crippen molar-refractivity contribution in [3.63, 3.8) is 0 Å². The summed E-state index contributed by atoms with van der Waals surface area (Å²) in [6, 6.07) is 21.0. The predicted molar refractivity (Wildman–Crippen MR) is 149 cm³/mol. The zero-order valence-corrected chi connectivity index (χ0v) is 22.2. The van der Waals surface area contributed by atoms with Crippen LogP contribution in [0.3, 0.4) is 0 Å². The Morgan fingerprint density at radius 1 is 1.08 bits per heavy atom. The van der Waals surface area contributed by atoms with Gasteiger partial charge in [0.1, 0.15) is 6.04 Å². The standard InChI is InChI=1S/C28H24ClN5O3S/c1-16-6-5-8-21(14-16)31-25(35)23-17(2)30-27-32-28(38-15-20-7-3-4-9-22(20)29)33-34(27)24(23)18-10-12-19(13-11-18)26(36)37/h3-14,24H,15H2,1-2H3,(H,31,35)(H,36,37)(H,30,32,33). The molecule has 0 bridgehead atoms. The lowest BCUT2D eigenvalue weighted by atomic mass is 9.94. The molecular formula is C28H24ClN5O3S. The molecule has 1 amide bonds. The van der Waals surface area contributed by atoms with Gasteiger partial charge < -0.3 is 15.7 Å². The molecule has 5 rings (SSSR count). The van der Waals surface area contributed by atoms with Crippen molar-refractivity contribution in [2.45, 2.75) is 30.8 Å². The average molecular weight is 546 g/mol. The number of carboxylic acids is 1. The van der Waals surface area contributed by atoms with E-state index in [0.717, 1.165) is 11.1 Å². The van der Waals surface area contributed by atoms with Gasteiger partial charge in [-0.05, 0) is 60.9 Å². The van der Waals surface area contributed by atoms with Gasteiger partial charge in [0.2, 0.25) is 11.1 Å². The minimum Gasteiger partial charge on any atom is -0.478 e. The minimum absolute atomic E-state index is 0.156. The van der Waals surface area contributed by atoms with E-state index in [2.05, 4.69) is 15.6 Å². The number of amides is 1. The second-order valence-electron chi connectivity index (χ2n) is 8.86. The molecule has 4 aromatic rings. The van der Waals surface area contributed by atoms with E-state index < -0.39 is 12.0 Å². The number of carbonyl (C=O) groups excluding carboxylic acids is 1. The summed E-state index contributed by atoms with van der Waals surface area (Å²) >= 11 is 7.75. The van der Waals surface area contributed by atoms with Crippen LogP contribution in [0, 0.1) is 6.92 Å². The van der Waals surface area contributed by atoms with E-state index in [4.69, 9.17) is 16.7 Å². The maximum absolute atomic E-state index is 13.6. The fourth-order valence-corrected chi connectivity index (χ4v) is 5.40. The normalized spacial score (nSPS) is 14.6. The molecule has 38 heavy (non-hydrogen) atoms. The fourth-order valence-electron chi connectivity index (χ4n) is 4.28. The number of allylic oxidation sites excluding steroid dienone is 1. The first-order chi connectivity index (χ1) is 18.3. The van der Waals surface area contributed by atoms with Crippen molar-refractivity contribution >= 4 is 46.9 Å². The van der Waals surface area contributed by atoms with Crippen molar-refractivity contribution in [2.75, 3.05) is 10.6 Å². The highest BCUT2D eigenvalue weighted by molar-refractivity contribution is 7.98. The molecule has 192 valence electrons. The van der Waals surface area contributed by atoms with Crippen molar-refractivity contribution in [3.8, 4) is 0 Å². The summed E-state index contributed by atoms with van der Waals surface area (Å²) < 4.78 is 1.67. The quantitative estimate of drug-likeness (QED) is 0.239. The fraction of sp³-hybridized carbons (Fsp3) is 0.143. The highest BCUT2D eigenvalue weighted by atomic mass is 35.5. The molecule has 0 saturated carbocycles. The van der Waals surface area contributed by atoms with Gasteiger partial charge in [0.05, 0.1) is 11.1 Å². The van der Waals surface area contributed by atoms with Crippen molar-refractivity contribution in [1.29, 1.82) is 0 Å². The van der Waals surface area contributed by atoms with Gasteiger partial charge in [0, 0.05) is 22.2 Å². The number of fused-ring (bicyclic) bond motifs is 1. The lowest BCUT2D eigenvalue weighted by molar-refractivity contribution is -0.113. The molecule has 0 aliphatic carbocycles. The second-order valence-corrected chi connectivity index (χ2v) is 10.2.